The summed E-state index contributed by atoms with van der Waals surface area (Å²) in [6.45, 7) is 6.94. The van der Waals surface area contributed by atoms with Gasteiger partial charge in [0.05, 0.1) is 12.5 Å². The molecule has 0 unspecified atom stereocenters. The van der Waals surface area contributed by atoms with Gasteiger partial charge in [-0.2, -0.15) is 0 Å². The summed E-state index contributed by atoms with van der Waals surface area (Å²) >= 11 is 0. The van der Waals surface area contributed by atoms with Gasteiger partial charge >= 0.3 is 5.97 Å². The molecule has 0 bridgehead atoms. The molecule has 0 spiro atoms. The quantitative estimate of drug-likeness (QED) is 0.809. The van der Waals surface area contributed by atoms with E-state index in [4.69, 9.17) is 4.74 Å². The Hall–Kier alpha value is -0.610. The fourth-order valence-electron chi connectivity index (χ4n) is 4.72. The number of likely N-dealkylation sites (tertiary alicyclic amines) is 1. The summed E-state index contributed by atoms with van der Waals surface area (Å²) in [6.07, 6.45) is 7.41. The van der Waals surface area contributed by atoms with Gasteiger partial charge in [-0.15, -0.1) is 0 Å². The summed E-state index contributed by atoms with van der Waals surface area (Å²) in [5.41, 5.74) is -0.221. The lowest BCUT2D eigenvalue weighted by Crippen LogP contribution is -2.56. The highest BCUT2D eigenvalue weighted by molar-refractivity contribution is 5.77. The van der Waals surface area contributed by atoms with Crippen molar-refractivity contribution < 1.29 is 9.53 Å². The molecule has 0 aromatic rings. The van der Waals surface area contributed by atoms with Crippen LogP contribution in [0.2, 0.25) is 0 Å². The van der Waals surface area contributed by atoms with E-state index in [2.05, 4.69) is 17.1 Å². The van der Waals surface area contributed by atoms with Crippen LogP contribution in [0.15, 0.2) is 0 Å². The van der Waals surface area contributed by atoms with Crippen molar-refractivity contribution in [1.82, 2.24) is 10.2 Å². The molecule has 4 heteroatoms. The molecule has 21 heavy (non-hydrogen) atoms. The Morgan fingerprint density at radius 3 is 2.57 bits per heavy atom. The fraction of sp³-hybridized carbons (Fsp3) is 0.941. The first kappa shape index (κ1) is 15.3. The maximum atomic E-state index is 11.8. The molecule has 1 aliphatic carbocycles. The Kier molecular flexibility index (Phi) is 4.55. The van der Waals surface area contributed by atoms with Crippen molar-refractivity contribution in [3.63, 3.8) is 0 Å². The normalized spacial score (nSPS) is 38.8. The van der Waals surface area contributed by atoms with E-state index in [1.54, 1.807) is 0 Å². The van der Waals surface area contributed by atoms with Crippen molar-refractivity contribution in [2.75, 3.05) is 33.3 Å². The van der Waals surface area contributed by atoms with E-state index >= 15 is 0 Å². The molecule has 1 saturated carbocycles. The van der Waals surface area contributed by atoms with Crippen LogP contribution in [-0.4, -0.2) is 50.2 Å². The Balaban J connectivity index is 1.52. The standard InChI is InChI=1S/C17H30N2O2/c1-17(16(20)21-2)10-15(11-17)19-9-3-4-14(12-19)13-5-7-18-8-6-13/h13-15,18H,3-12H2,1-2H3/t14-,15?,17?/m0/s1. The number of esters is 1. The minimum absolute atomic E-state index is 0.0225. The lowest BCUT2D eigenvalue weighted by atomic mass is 9.65. The minimum Gasteiger partial charge on any atom is -0.469 e. The van der Waals surface area contributed by atoms with Gasteiger partial charge in [-0.1, -0.05) is 0 Å². The number of rotatable bonds is 3. The number of nitrogens with zero attached hydrogens (tertiary/aromatic N) is 1. The van der Waals surface area contributed by atoms with Crippen molar-refractivity contribution in [2.45, 2.75) is 51.5 Å². The molecule has 1 N–H and O–H groups in total. The van der Waals surface area contributed by atoms with Crippen LogP contribution in [0.4, 0.5) is 0 Å². The third-order valence-corrected chi connectivity index (χ3v) is 6.11. The highest BCUT2D eigenvalue weighted by Gasteiger charge is 2.49. The van der Waals surface area contributed by atoms with Gasteiger partial charge in [0.1, 0.15) is 0 Å². The average Bonchev–Trinajstić information content (AvgIpc) is 2.52. The molecule has 0 amide bonds. The molecule has 0 radical (unpaired) electrons. The largest absolute Gasteiger partial charge is 0.469 e. The fourth-order valence-corrected chi connectivity index (χ4v) is 4.72. The van der Waals surface area contributed by atoms with Gasteiger partial charge in [0.25, 0.3) is 0 Å². The Bertz CT molecular complexity index is 373. The van der Waals surface area contributed by atoms with Crippen molar-refractivity contribution in [3.8, 4) is 0 Å². The number of carbonyl (C=O) groups excluding carboxylic acids is 1. The first-order valence-corrected chi connectivity index (χ1v) is 8.65. The average molecular weight is 294 g/mol. The predicted octanol–water partition coefficient (Wildman–Crippen LogP) is 2.04. The van der Waals surface area contributed by atoms with Crippen molar-refractivity contribution in [1.29, 1.82) is 0 Å². The highest BCUT2D eigenvalue weighted by atomic mass is 16.5. The molecular formula is C17H30N2O2. The zero-order valence-corrected chi connectivity index (χ0v) is 13.6. The zero-order chi connectivity index (χ0) is 14.9. The maximum absolute atomic E-state index is 11.8. The second kappa shape index (κ2) is 6.25. The monoisotopic (exact) mass is 294 g/mol. The van der Waals surface area contributed by atoms with Gasteiger partial charge in [-0.25, -0.2) is 0 Å². The molecule has 2 aliphatic heterocycles. The number of hydrogen-bond acceptors (Lipinski definition) is 4. The molecule has 3 aliphatic rings. The Morgan fingerprint density at radius 2 is 1.90 bits per heavy atom. The van der Waals surface area contributed by atoms with Crippen molar-refractivity contribution in [2.24, 2.45) is 17.3 Å². The molecule has 2 saturated heterocycles. The van der Waals surface area contributed by atoms with Crippen LogP contribution in [-0.2, 0) is 9.53 Å². The summed E-state index contributed by atoms with van der Waals surface area (Å²) in [5, 5.41) is 3.47. The maximum Gasteiger partial charge on any atom is 0.311 e. The van der Waals surface area contributed by atoms with E-state index < -0.39 is 0 Å². The van der Waals surface area contributed by atoms with Crippen LogP contribution in [0.1, 0.15) is 45.4 Å². The number of nitrogens with one attached hydrogen (secondary N) is 1. The third kappa shape index (κ3) is 3.11. The predicted molar refractivity (Wildman–Crippen MR) is 83.0 cm³/mol. The van der Waals surface area contributed by atoms with Crippen LogP contribution in [0.5, 0.6) is 0 Å². The van der Waals surface area contributed by atoms with Gasteiger partial charge < -0.3 is 15.0 Å². The minimum atomic E-state index is -0.221. The van der Waals surface area contributed by atoms with Gasteiger partial charge in [0, 0.05) is 12.6 Å². The summed E-state index contributed by atoms with van der Waals surface area (Å²) in [5.74, 6) is 1.78. The summed E-state index contributed by atoms with van der Waals surface area (Å²) in [4.78, 5) is 14.5. The lowest BCUT2D eigenvalue weighted by molar-refractivity contribution is -0.162. The number of piperidine rings is 2. The molecule has 2 heterocycles. The number of hydrogen-bond donors (Lipinski definition) is 1. The van der Waals surface area contributed by atoms with Crippen LogP contribution < -0.4 is 5.32 Å². The second-order valence-corrected chi connectivity index (χ2v) is 7.60. The van der Waals surface area contributed by atoms with Gasteiger partial charge in [0.15, 0.2) is 0 Å². The van der Waals surface area contributed by atoms with Crippen LogP contribution in [0.25, 0.3) is 0 Å². The molecule has 120 valence electrons. The molecule has 1 atom stereocenters. The van der Waals surface area contributed by atoms with Crippen LogP contribution >= 0.6 is 0 Å². The number of ether oxygens (including phenoxy) is 1. The van der Waals surface area contributed by atoms with E-state index in [-0.39, 0.29) is 11.4 Å². The Labute approximate surface area is 128 Å². The highest BCUT2D eigenvalue weighted by Crippen LogP contribution is 2.45. The zero-order valence-electron chi connectivity index (χ0n) is 13.6. The smallest absolute Gasteiger partial charge is 0.311 e. The van der Waals surface area contributed by atoms with Crippen LogP contribution in [0, 0.1) is 17.3 Å². The third-order valence-electron chi connectivity index (χ3n) is 6.11. The van der Waals surface area contributed by atoms with Crippen molar-refractivity contribution in [3.05, 3.63) is 0 Å². The molecule has 0 aromatic heterocycles. The molecule has 4 nitrogen and oxygen atoms in total. The summed E-state index contributed by atoms with van der Waals surface area (Å²) in [6, 6.07) is 0.610. The van der Waals surface area contributed by atoms with E-state index in [0.717, 1.165) is 24.7 Å². The van der Waals surface area contributed by atoms with Crippen LogP contribution in [0.3, 0.4) is 0 Å². The molecule has 3 fully saturated rings. The second-order valence-electron chi connectivity index (χ2n) is 7.60. The van der Waals surface area contributed by atoms with E-state index in [9.17, 15) is 4.79 Å². The number of methoxy groups -OCH3 is 1. The van der Waals surface area contributed by atoms with Gasteiger partial charge in [-0.3, -0.25) is 4.79 Å². The van der Waals surface area contributed by atoms with E-state index in [1.165, 1.54) is 59.0 Å². The van der Waals surface area contributed by atoms with Crippen molar-refractivity contribution >= 4 is 5.97 Å². The summed E-state index contributed by atoms with van der Waals surface area (Å²) in [7, 11) is 1.51. The molecular weight excluding hydrogens is 264 g/mol. The number of carbonyl (C=O) groups is 1. The topological polar surface area (TPSA) is 41.6 Å². The Morgan fingerprint density at radius 1 is 1.19 bits per heavy atom. The van der Waals surface area contributed by atoms with Gasteiger partial charge in [0.2, 0.25) is 0 Å². The molecule has 3 rings (SSSR count). The van der Waals surface area contributed by atoms with E-state index in [0.29, 0.717) is 6.04 Å². The SMILES string of the molecule is COC(=O)C1(C)CC(N2CCC[C@H](C3CCNCC3)C2)C1. The summed E-state index contributed by atoms with van der Waals surface area (Å²) < 4.78 is 4.94. The first-order chi connectivity index (χ1) is 10.1. The molecule has 0 aromatic carbocycles. The first-order valence-electron chi connectivity index (χ1n) is 8.65. The lowest BCUT2D eigenvalue weighted by Gasteiger charge is -2.51. The van der Waals surface area contributed by atoms with Gasteiger partial charge in [-0.05, 0) is 76.9 Å². The van der Waals surface area contributed by atoms with E-state index in [1.807, 2.05) is 0 Å².